The predicted octanol–water partition coefficient (Wildman–Crippen LogP) is 4.17. The summed E-state index contributed by atoms with van der Waals surface area (Å²) in [4.78, 5) is 0. The molecule has 4 heteroatoms. The fourth-order valence-electron chi connectivity index (χ4n) is 2.53. The Bertz CT molecular complexity index is 476. The number of rotatable bonds is 7. The third-order valence-electron chi connectivity index (χ3n) is 3.56. The molecular weight excluding hydrogens is 286 g/mol. The number of hydrogen-bond acceptors (Lipinski definition) is 3. The quantitative estimate of drug-likeness (QED) is 0.820. The Hall–Kier alpha value is -1.19. The molecule has 2 atom stereocenters. The minimum Gasteiger partial charge on any atom is -0.501 e. The molecule has 116 valence electrons. The average molecular weight is 310 g/mol. The summed E-state index contributed by atoms with van der Waals surface area (Å²) in [6, 6.07) is 7.71. The summed E-state index contributed by atoms with van der Waals surface area (Å²) in [6.45, 7) is 6.03. The Morgan fingerprint density at radius 3 is 2.95 bits per heavy atom. The van der Waals surface area contributed by atoms with Gasteiger partial charge in [-0.1, -0.05) is 24.6 Å². The Balaban J connectivity index is 2.06. The summed E-state index contributed by atoms with van der Waals surface area (Å²) in [7, 11) is 0. The van der Waals surface area contributed by atoms with E-state index in [1.165, 1.54) is 5.57 Å². The monoisotopic (exact) mass is 309 g/mol. The zero-order chi connectivity index (χ0) is 15.1. The molecule has 3 nitrogen and oxygen atoms in total. The molecule has 0 aromatic heterocycles. The largest absolute Gasteiger partial charge is 0.501 e. The van der Waals surface area contributed by atoms with E-state index in [0.717, 1.165) is 38.2 Å². The van der Waals surface area contributed by atoms with Gasteiger partial charge in [0.05, 0.1) is 18.9 Å². The normalized spacial score (nSPS) is 17.6. The van der Waals surface area contributed by atoms with Crippen LogP contribution in [0.25, 0.3) is 0 Å². The van der Waals surface area contributed by atoms with Crippen LogP contribution in [0, 0.1) is 0 Å². The molecule has 21 heavy (non-hydrogen) atoms. The first kappa shape index (κ1) is 16.2. The van der Waals surface area contributed by atoms with Crippen LogP contribution in [0.3, 0.4) is 0 Å². The standard InChI is InChI=1S/C17H24ClNO2/c1-3-9-19-17(14-6-5-10-20-12-14)13(2)21-16-8-4-7-15(18)11-16/h4,7-8,11-13,17,19H,3,5-6,9-10H2,1-2H3. The lowest BCUT2D eigenvalue weighted by Crippen LogP contribution is -2.43. The van der Waals surface area contributed by atoms with Gasteiger partial charge in [-0.3, -0.25) is 0 Å². The first-order valence-corrected chi connectivity index (χ1v) is 8.04. The SMILES string of the molecule is CCCNC(C1=COCCC1)C(C)Oc1cccc(Cl)c1. The summed E-state index contributed by atoms with van der Waals surface area (Å²) in [5, 5.41) is 4.26. The number of nitrogens with one attached hydrogen (secondary N) is 1. The average Bonchev–Trinajstić information content (AvgIpc) is 2.49. The van der Waals surface area contributed by atoms with Crippen molar-refractivity contribution in [1.29, 1.82) is 0 Å². The van der Waals surface area contributed by atoms with E-state index in [9.17, 15) is 0 Å². The van der Waals surface area contributed by atoms with Crippen molar-refractivity contribution in [2.24, 2.45) is 0 Å². The van der Waals surface area contributed by atoms with Gasteiger partial charge in [-0.15, -0.1) is 0 Å². The lowest BCUT2D eigenvalue weighted by Gasteiger charge is -2.29. The molecule has 0 spiro atoms. The maximum atomic E-state index is 6.06. The molecule has 0 fully saturated rings. The molecule has 0 radical (unpaired) electrons. The zero-order valence-corrected chi connectivity index (χ0v) is 13.5. The molecule has 0 bridgehead atoms. The number of halogens is 1. The van der Waals surface area contributed by atoms with E-state index in [0.29, 0.717) is 5.02 Å². The fourth-order valence-corrected chi connectivity index (χ4v) is 2.71. The Kier molecular flexibility index (Phi) is 6.40. The van der Waals surface area contributed by atoms with Gasteiger partial charge in [0.25, 0.3) is 0 Å². The highest BCUT2D eigenvalue weighted by Crippen LogP contribution is 2.23. The molecule has 1 N–H and O–H groups in total. The molecule has 0 saturated carbocycles. The Labute approximate surface area is 132 Å². The summed E-state index contributed by atoms with van der Waals surface area (Å²) in [5.41, 5.74) is 1.28. The summed E-state index contributed by atoms with van der Waals surface area (Å²) < 4.78 is 11.5. The third kappa shape index (κ3) is 4.94. The fraction of sp³-hybridized carbons (Fsp3) is 0.529. The first-order chi connectivity index (χ1) is 10.2. The first-order valence-electron chi connectivity index (χ1n) is 7.67. The topological polar surface area (TPSA) is 30.5 Å². The number of ether oxygens (including phenoxy) is 2. The van der Waals surface area contributed by atoms with E-state index in [4.69, 9.17) is 21.1 Å². The van der Waals surface area contributed by atoms with Crippen LogP contribution in [0.2, 0.25) is 5.02 Å². The Morgan fingerprint density at radius 2 is 2.29 bits per heavy atom. The van der Waals surface area contributed by atoms with E-state index < -0.39 is 0 Å². The molecule has 0 aliphatic carbocycles. The summed E-state index contributed by atoms with van der Waals surface area (Å²) in [5.74, 6) is 0.802. The van der Waals surface area contributed by atoms with Gasteiger partial charge in [0.15, 0.2) is 0 Å². The van der Waals surface area contributed by atoms with Gasteiger partial charge in [-0.2, -0.15) is 0 Å². The van der Waals surface area contributed by atoms with Crippen LogP contribution in [0.4, 0.5) is 0 Å². The van der Waals surface area contributed by atoms with Crippen LogP contribution >= 0.6 is 11.6 Å². The molecule has 0 amide bonds. The van der Waals surface area contributed by atoms with Gasteiger partial charge in [-0.05, 0) is 56.5 Å². The number of hydrogen-bond donors (Lipinski definition) is 1. The molecule has 1 aromatic carbocycles. The van der Waals surface area contributed by atoms with Gasteiger partial charge < -0.3 is 14.8 Å². The van der Waals surface area contributed by atoms with Crippen LogP contribution in [0.15, 0.2) is 36.1 Å². The van der Waals surface area contributed by atoms with Crippen molar-refractivity contribution in [3.05, 3.63) is 41.1 Å². The van der Waals surface area contributed by atoms with Crippen LogP contribution in [0.5, 0.6) is 5.75 Å². The summed E-state index contributed by atoms with van der Waals surface area (Å²) >= 11 is 6.01. The second kappa shape index (κ2) is 8.30. The third-order valence-corrected chi connectivity index (χ3v) is 3.80. The van der Waals surface area contributed by atoms with Crippen molar-refractivity contribution < 1.29 is 9.47 Å². The van der Waals surface area contributed by atoms with Crippen LogP contribution in [-0.2, 0) is 4.74 Å². The van der Waals surface area contributed by atoms with Crippen LogP contribution < -0.4 is 10.1 Å². The van der Waals surface area contributed by atoms with Crippen molar-refractivity contribution in [2.75, 3.05) is 13.2 Å². The zero-order valence-electron chi connectivity index (χ0n) is 12.8. The second-order valence-corrected chi connectivity index (χ2v) is 5.82. The minimum atomic E-state index is 0.0166. The molecule has 2 rings (SSSR count). The lowest BCUT2D eigenvalue weighted by molar-refractivity contribution is 0.167. The molecule has 1 heterocycles. The van der Waals surface area contributed by atoms with E-state index in [1.54, 1.807) is 0 Å². The van der Waals surface area contributed by atoms with E-state index in [2.05, 4.69) is 19.2 Å². The molecule has 1 aliphatic rings. The maximum Gasteiger partial charge on any atom is 0.121 e. The molecule has 0 saturated heterocycles. The Morgan fingerprint density at radius 1 is 1.43 bits per heavy atom. The van der Waals surface area contributed by atoms with Crippen LogP contribution in [-0.4, -0.2) is 25.3 Å². The van der Waals surface area contributed by atoms with Gasteiger partial charge in [-0.25, -0.2) is 0 Å². The summed E-state index contributed by atoms with van der Waals surface area (Å²) in [6.07, 6.45) is 5.14. The minimum absolute atomic E-state index is 0.0166. The van der Waals surface area contributed by atoms with Gasteiger partial charge in [0.1, 0.15) is 11.9 Å². The highest BCUT2D eigenvalue weighted by Gasteiger charge is 2.24. The van der Waals surface area contributed by atoms with Crippen molar-refractivity contribution in [2.45, 2.75) is 45.3 Å². The van der Waals surface area contributed by atoms with E-state index >= 15 is 0 Å². The second-order valence-electron chi connectivity index (χ2n) is 5.38. The van der Waals surface area contributed by atoms with Crippen molar-refractivity contribution in [3.8, 4) is 5.75 Å². The molecule has 1 aliphatic heterocycles. The molecular formula is C17H24ClNO2. The maximum absolute atomic E-state index is 6.06. The van der Waals surface area contributed by atoms with Crippen molar-refractivity contribution in [3.63, 3.8) is 0 Å². The van der Waals surface area contributed by atoms with Gasteiger partial charge >= 0.3 is 0 Å². The van der Waals surface area contributed by atoms with Gasteiger partial charge in [0, 0.05) is 5.02 Å². The van der Waals surface area contributed by atoms with E-state index in [1.807, 2.05) is 30.5 Å². The van der Waals surface area contributed by atoms with Gasteiger partial charge in [0.2, 0.25) is 0 Å². The predicted molar refractivity (Wildman–Crippen MR) is 86.9 cm³/mol. The lowest BCUT2D eigenvalue weighted by atomic mass is 9.98. The number of benzene rings is 1. The van der Waals surface area contributed by atoms with Crippen molar-refractivity contribution in [1.82, 2.24) is 5.32 Å². The molecule has 1 aromatic rings. The highest BCUT2D eigenvalue weighted by atomic mass is 35.5. The molecule has 2 unspecified atom stereocenters. The highest BCUT2D eigenvalue weighted by molar-refractivity contribution is 6.30. The van der Waals surface area contributed by atoms with Crippen molar-refractivity contribution >= 4 is 11.6 Å². The van der Waals surface area contributed by atoms with Crippen LogP contribution in [0.1, 0.15) is 33.1 Å². The van der Waals surface area contributed by atoms with E-state index in [-0.39, 0.29) is 12.1 Å². The smallest absolute Gasteiger partial charge is 0.121 e.